The van der Waals surface area contributed by atoms with E-state index in [1.807, 2.05) is 31.8 Å². The Labute approximate surface area is 101 Å². The van der Waals surface area contributed by atoms with E-state index in [1.54, 1.807) is 6.20 Å². The fourth-order valence-electron chi connectivity index (χ4n) is 1.88. The van der Waals surface area contributed by atoms with E-state index in [1.165, 1.54) is 5.56 Å². The molecule has 0 fully saturated rings. The van der Waals surface area contributed by atoms with Gasteiger partial charge in [-0.05, 0) is 20.8 Å². The molecule has 1 atom stereocenters. The summed E-state index contributed by atoms with van der Waals surface area (Å²) in [5.41, 5.74) is 2.26. The third-order valence-corrected chi connectivity index (χ3v) is 2.75. The first-order valence-corrected chi connectivity index (χ1v) is 5.71. The second-order valence-electron chi connectivity index (χ2n) is 4.31. The molecule has 2 aromatic rings. The quantitative estimate of drug-likeness (QED) is 0.877. The molecule has 0 saturated heterocycles. The van der Waals surface area contributed by atoms with E-state index in [0.29, 0.717) is 6.54 Å². The van der Waals surface area contributed by atoms with Gasteiger partial charge in [-0.15, -0.1) is 0 Å². The van der Waals surface area contributed by atoms with Crippen LogP contribution in [0.15, 0.2) is 16.8 Å². The van der Waals surface area contributed by atoms with Crippen molar-refractivity contribution in [2.24, 2.45) is 7.05 Å². The van der Waals surface area contributed by atoms with Crippen LogP contribution in [-0.4, -0.2) is 14.8 Å². The summed E-state index contributed by atoms with van der Waals surface area (Å²) < 4.78 is 7.24. The Kier molecular flexibility index (Phi) is 3.28. The largest absolute Gasteiger partial charge is 0.445 e. The normalized spacial score (nSPS) is 12.9. The lowest BCUT2D eigenvalue weighted by molar-refractivity contribution is 0.432. The Balaban J connectivity index is 1.97. The Hall–Kier alpha value is -1.62. The van der Waals surface area contributed by atoms with Crippen LogP contribution in [0.4, 0.5) is 0 Å². The Morgan fingerprint density at radius 3 is 2.76 bits per heavy atom. The van der Waals surface area contributed by atoms with Gasteiger partial charge in [-0.3, -0.25) is 4.68 Å². The molecule has 0 saturated carbocycles. The van der Waals surface area contributed by atoms with Crippen LogP contribution in [0.25, 0.3) is 0 Å². The van der Waals surface area contributed by atoms with Crippen LogP contribution < -0.4 is 5.32 Å². The topological polar surface area (TPSA) is 55.9 Å². The molecule has 1 N–H and O–H groups in total. The maximum Gasteiger partial charge on any atom is 0.208 e. The second-order valence-corrected chi connectivity index (χ2v) is 4.31. The molecule has 5 heteroatoms. The molecule has 2 rings (SSSR count). The molecule has 0 bridgehead atoms. The van der Waals surface area contributed by atoms with Gasteiger partial charge in [0.25, 0.3) is 0 Å². The highest BCUT2D eigenvalue weighted by Crippen LogP contribution is 2.16. The molecule has 2 heterocycles. The summed E-state index contributed by atoms with van der Waals surface area (Å²) in [5.74, 6) is 1.56. The van der Waals surface area contributed by atoms with Crippen LogP contribution in [0, 0.1) is 13.8 Å². The zero-order chi connectivity index (χ0) is 12.4. The Bertz CT molecular complexity index is 500. The van der Waals surface area contributed by atoms with Crippen molar-refractivity contribution in [3.05, 3.63) is 35.3 Å². The number of aromatic nitrogens is 3. The molecule has 0 spiro atoms. The van der Waals surface area contributed by atoms with E-state index >= 15 is 0 Å². The van der Waals surface area contributed by atoms with E-state index in [0.717, 1.165) is 17.3 Å². The predicted octanol–water partition coefficient (Wildman–Crippen LogP) is 1.88. The predicted molar refractivity (Wildman–Crippen MR) is 64.4 cm³/mol. The minimum atomic E-state index is 0.232. The molecule has 0 aliphatic carbocycles. The van der Waals surface area contributed by atoms with Gasteiger partial charge in [0, 0.05) is 24.8 Å². The van der Waals surface area contributed by atoms with Crippen LogP contribution in [0.2, 0.25) is 0 Å². The minimum absolute atomic E-state index is 0.232. The van der Waals surface area contributed by atoms with Crippen molar-refractivity contribution in [2.75, 3.05) is 0 Å². The molecule has 0 amide bonds. The summed E-state index contributed by atoms with van der Waals surface area (Å²) >= 11 is 0. The third kappa shape index (κ3) is 2.74. The lowest BCUT2D eigenvalue weighted by Crippen LogP contribution is -2.18. The number of nitrogens with one attached hydrogen (secondary N) is 1. The summed E-state index contributed by atoms with van der Waals surface area (Å²) in [4.78, 5) is 4.16. The van der Waals surface area contributed by atoms with Crippen molar-refractivity contribution >= 4 is 0 Å². The number of aryl methyl sites for hydroxylation is 3. The monoisotopic (exact) mass is 234 g/mol. The highest BCUT2D eigenvalue weighted by atomic mass is 16.4. The summed E-state index contributed by atoms with van der Waals surface area (Å²) in [7, 11) is 1.93. The molecule has 0 aromatic carbocycles. The summed E-state index contributed by atoms with van der Waals surface area (Å²) in [6.07, 6.45) is 3.77. The van der Waals surface area contributed by atoms with Gasteiger partial charge in [-0.1, -0.05) is 0 Å². The molecule has 0 radical (unpaired) electrons. The standard InChI is InChI=1S/C12H18N4O/c1-8-5-14-12(17-8)6-13-9(2)11-7-16(4)15-10(11)3/h5,7,9,13H,6H2,1-4H3. The summed E-state index contributed by atoms with van der Waals surface area (Å²) in [6, 6.07) is 0.232. The zero-order valence-electron chi connectivity index (χ0n) is 10.7. The van der Waals surface area contributed by atoms with Crippen molar-refractivity contribution in [1.82, 2.24) is 20.1 Å². The zero-order valence-corrected chi connectivity index (χ0v) is 10.7. The molecule has 92 valence electrons. The van der Waals surface area contributed by atoms with Crippen LogP contribution in [0.3, 0.4) is 0 Å². The second kappa shape index (κ2) is 4.71. The van der Waals surface area contributed by atoms with Gasteiger partial charge in [0.2, 0.25) is 5.89 Å². The molecule has 2 aromatic heterocycles. The molecule has 0 aliphatic rings. The van der Waals surface area contributed by atoms with Crippen molar-refractivity contribution in [3.63, 3.8) is 0 Å². The van der Waals surface area contributed by atoms with Crippen molar-refractivity contribution < 1.29 is 4.42 Å². The molecular weight excluding hydrogens is 216 g/mol. The van der Waals surface area contributed by atoms with E-state index in [-0.39, 0.29) is 6.04 Å². The van der Waals surface area contributed by atoms with Crippen molar-refractivity contribution in [2.45, 2.75) is 33.4 Å². The first kappa shape index (κ1) is 11.9. The lowest BCUT2D eigenvalue weighted by atomic mass is 10.1. The Morgan fingerprint density at radius 2 is 2.24 bits per heavy atom. The van der Waals surface area contributed by atoms with Crippen LogP contribution >= 0.6 is 0 Å². The van der Waals surface area contributed by atoms with E-state index in [4.69, 9.17) is 4.42 Å². The van der Waals surface area contributed by atoms with Crippen molar-refractivity contribution in [3.8, 4) is 0 Å². The van der Waals surface area contributed by atoms with Gasteiger partial charge in [-0.2, -0.15) is 5.10 Å². The first-order valence-electron chi connectivity index (χ1n) is 5.71. The smallest absolute Gasteiger partial charge is 0.208 e. The van der Waals surface area contributed by atoms with Gasteiger partial charge in [-0.25, -0.2) is 4.98 Å². The van der Waals surface area contributed by atoms with Gasteiger partial charge < -0.3 is 9.73 Å². The van der Waals surface area contributed by atoms with Crippen LogP contribution in [0.1, 0.15) is 35.9 Å². The molecule has 0 aliphatic heterocycles. The van der Waals surface area contributed by atoms with Gasteiger partial charge >= 0.3 is 0 Å². The maximum absolute atomic E-state index is 5.41. The first-order chi connectivity index (χ1) is 8.06. The molecule has 17 heavy (non-hydrogen) atoms. The maximum atomic E-state index is 5.41. The van der Waals surface area contributed by atoms with E-state index in [9.17, 15) is 0 Å². The van der Waals surface area contributed by atoms with Gasteiger partial charge in [0.1, 0.15) is 5.76 Å². The summed E-state index contributed by atoms with van der Waals surface area (Å²) in [6.45, 7) is 6.65. The van der Waals surface area contributed by atoms with Crippen LogP contribution in [0.5, 0.6) is 0 Å². The minimum Gasteiger partial charge on any atom is -0.445 e. The highest BCUT2D eigenvalue weighted by molar-refractivity contribution is 5.19. The SMILES string of the molecule is Cc1cnc(CNC(C)c2cn(C)nc2C)o1. The Morgan fingerprint density at radius 1 is 1.47 bits per heavy atom. The number of nitrogens with zero attached hydrogens (tertiary/aromatic N) is 3. The summed E-state index contributed by atoms with van der Waals surface area (Å²) in [5, 5.41) is 7.70. The van der Waals surface area contributed by atoms with Gasteiger partial charge in [0.15, 0.2) is 0 Å². The molecule has 1 unspecified atom stereocenters. The fourth-order valence-corrected chi connectivity index (χ4v) is 1.88. The fraction of sp³-hybridized carbons (Fsp3) is 0.500. The number of hydrogen-bond acceptors (Lipinski definition) is 4. The highest BCUT2D eigenvalue weighted by Gasteiger charge is 2.12. The van der Waals surface area contributed by atoms with Crippen LogP contribution in [-0.2, 0) is 13.6 Å². The molecular formula is C12H18N4O. The average molecular weight is 234 g/mol. The third-order valence-electron chi connectivity index (χ3n) is 2.75. The number of oxazole rings is 1. The average Bonchev–Trinajstić information content (AvgIpc) is 2.81. The van der Waals surface area contributed by atoms with E-state index < -0.39 is 0 Å². The number of hydrogen-bond donors (Lipinski definition) is 1. The number of rotatable bonds is 4. The van der Waals surface area contributed by atoms with Crippen molar-refractivity contribution in [1.29, 1.82) is 0 Å². The lowest BCUT2D eigenvalue weighted by Gasteiger charge is -2.11. The molecule has 5 nitrogen and oxygen atoms in total. The van der Waals surface area contributed by atoms with E-state index in [2.05, 4.69) is 22.3 Å². The van der Waals surface area contributed by atoms with Gasteiger partial charge in [0.05, 0.1) is 18.4 Å².